The highest BCUT2D eigenvalue weighted by Gasteiger charge is 2.63. The van der Waals surface area contributed by atoms with Gasteiger partial charge >= 0.3 is 0 Å². The molecule has 0 amide bonds. The summed E-state index contributed by atoms with van der Waals surface area (Å²) in [5.41, 5.74) is 15.6. The predicted molar refractivity (Wildman–Crippen MR) is 170 cm³/mol. The van der Waals surface area contributed by atoms with E-state index in [1.165, 1.54) is 82.4 Å². The van der Waals surface area contributed by atoms with Gasteiger partial charge in [-0.05, 0) is 131 Å². The molecule has 37 heavy (non-hydrogen) atoms. The third-order valence-corrected chi connectivity index (χ3v) is 10.5. The summed E-state index contributed by atoms with van der Waals surface area (Å²) in [7, 11) is 1.50. The van der Waals surface area contributed by atoms with Gasteiger partial charge < -0.3 is 11.5 Å². The molecule has 4 rings (SSSR count). The van der Waals surface area contributed by atoms with Gasteiger partial charge in [0.15, 0.2) is 0 Å². The molecule has 0 aromatic rings. The van der Waals surface area contributed by atoms with E-state index in [0.717, 1.165) is 42.4 Å². The topological polar surface area (TPSA) is 52.0 Å². The smallest absolute Gasteiger partial charge is 0.0219 e. The summed E-state index contributed by atoms with van der Waals surface area (Å²) in [6.07, 6.45) is 16.0. The number of nitrogens with two attached hydrogens (primary N) is 2. The van der Waals surface area contributed by atoms with Crippen LogP contribution in [0.15, 0.2) is 24.3 Å². The third kappa shape index (κ3) is 7.75. The quantitative estimate of drug-likeness (QED) is 0.356. The van der Waals surface area contributed by atoms with Crippen molar-refractivity contribution in [2.24, 2.45) is 51.9 Å². The van der Waals surface area contributed by atoms with Crippen molar-refractivity contribution < 1.29 is 0 Å². The van der Waals surface area contributed by atoms with Crippen LogP contribution >= 0.6 is 0 Å². The van der Waals surface area contributed by atoms with Crippen LogP contribution in [-0.2, 0) is 0 Å². The van der Waals surface area contributed by atoms with Crippen molar-refractivity contribution in [2.45, 2.75) is 152 Å². The zero-order chi connectivity index (χ0) is 29.0. The van der Waals surface area contributed by atoms with Gasteiger partial charge in [0.05, 0.1) is 0 Å². The maximum atomic E-state index is 7.35. The van der Waals surface area contributed by atoms with Crippen LogP contribution in [0.2, 0.25) is 0 Å². The Balaban J connectivity index is 0.00000148. The molecule has 0 heterocycles. The first-order valence-electron chi connectivity index (χ1n) is 16.3. The minimum Gasteiger partial charge on any atom is -0.333 e. The van der Waals surface area contributed by atoms with Crippen LogP contribution in [0.5, 0.6) is 0 Å². The molecule has 0 aromatic heterocycles. The monoisotopic (exact) mass is 519 g/mol. The second-order valence-corrected chi connectivity index (χ2v) is 12.5. The summed E-state index contributed by atoms with van der Waals surface area (Å²) in [6, 6.07) is 0. The van der Waals surface area contributed by atoms with Crippen LogP contribution in [0.3, 0.4) is 0 Å². The molecule has 0 aromatic carbocycles. The lowest BCUT2D eigenvalue weighted by Gasteiger charge is -2.66. The first-order valence-corrected chi connectivity index (χ1v) is 16.3. The molecule has 4 N–H and O–H groups in total. The molecule has 4 aliphatic carbocycles. The molecular weight excluding hydrogens is 448 g/mol. The first-order chi connectivity index (χ1) is 17.6. The molecule has 4 saturated carbocycles. The highest BCUT2D eigenvalue weighted by atomic mass is 14.9. The first kappa shape index (κ1) is 36.4. The Morgan fingerprint density at radius 2 is 1.32 bits per heavy atom. The Morgan fingerprint density at radius 3 is 1.86 bits per heavy atom. The standard InChI is InChI=1S/C28H47N.3C2H6.CH5N/c1-7-27-17-16-26(5,6)18-28(27,29)15-14-24-23-11-10-21(20(4)9-8-19(2)3)22(23)12-13-25(24)27;4*1-2/h21-25H,2,4,7-18,29H2,1,3,5-6H3;3*1-2H3;2H2,1H3. The minimum absolute atomic E-state index is 0.0839. The van der Waals surface area contributed by atoms with Gasteiger partial charge in [0.1, 0.15) is 0 Å². The number of rotatable bonds is 5. The summed E-state index contributed by atoms with van der Waals surface area (Å²) >= 11 is 0. The largest absolute Gasteiger partial charge is 0.333 e. The third-order valence-electron chi connectivity index (χ3n) is 10.5. The van der Waals surface area contributed by atoms with Gasteiger partial charge in [0.2, 0.25) is 0 Å². The number of fused-ring (bicyclic) bond motifs is 5. The van der Waals surface area contributed by atoms with E-state index in [1.807, 2.05) is 41.5 Å². The maximum Gasteiger partial charge on any atom is 0.0219 e. The van der Waals surface area contributed by atoms with Crippen LogP contribution in [0.1, 0.15) is 146 Å². The molecule has 2 heteroatoms. The van der Waals surface area contributed by atoms with Crippen molar-refractivity contribution in [3.63, 3.8) is 0 Å². The summed E-state index contributed by atoms with van der Waals surface area (Å²) in [4.78, 5) is 0. The van der Waals surface area contributed by atoms with E-state index in [0.29, 0.717) is 10.8 Å². The Hall–Kier alpha value is -0.600. The number of hydrogen-bond acceptors (Lipinski definition) is 2. The van der Waals surface area contributed by atoms with Gasteiger partial charge in [-0.15, -0.1) is 6.58 Å². The normalized spacial score (nSPS) is 36.5. The summed E-state index contributed by atoms with van der Waals surface area (Å²) < 4.78 is 0. The van der Waals surface area contributed by atoms with Crippen LogP contribution in [0, 0.1) is 40.4 Å². The van der Waals surface area contributed by atoms with Crippen molar-refractivity contribution in [3.8, 4) is 0 Å². The highest BCUT2D eigenvalue weighted by molar-refractivity contribution is 5.18. The van der Waals surface area contributed by atoms with Crippen molar-refractivity contribution in [1.82, 2.24) is 0 Å². The molecule has 220 valence electrons. The molecule has 0 saturated heterocycles. The van der Waals surface area contributed by atoms with Crippen LogP contribution in [0.25, 0.3) is 0 Å². The van der Waals surface area contributed by atoms with Crippen LogP contribution < -0.4 is 11.5 Å². The molecule has 7 unspecified atom stereocenters. The van der Waals surface area contributed by atoms with Gasteiger partial charge in [-0.25, -0.2) is 0 Å². The van der Waals surface area contributed by atoms with Crippen molar-refractivity contribution in [1.29, 1.82) is 0 Å². The summed E-state index contributed by atoms with van der Waals surface area (Å²) in [5, 5.41) is 0. The zero-order valence-corrected chi connectivity index (χ0v) is 27.4. The van der Waals surface area contributed by atoms with Crippen LogP contribution in [-0.4, -0.2) is 12.6 Å². The lowest BCUT2D eigenvalue weighted by atomic mass is 9.41. The second kappa shape index (κ2) is 16.5. The average Bonchev–Trinajstić information content (AvgIpc) is 3.35. The molecule has 4 fully saturated rings. The van der Waals surface area contributed by atoms with E-state index in [9.17, 15) is 0 Å². The lowest BCUT2D eigenvalue weighted by Crippen LogP contribution is -2.67. The van der Waals surface area contributed by atoms with Gasteiger partial charge in [-0.3, -0.25) is 0 Å². The molecule has 0 aliphatic heterocycles. The number of hydrogen-bond donors (Lipinski definition) is 2. The zero-order valence-electron chi connectivity index (χ0n) is 27.4. The van der Waals surface area contributed by atoms with Gasteiger partial charge in [-0.1, -0.05) is 80.0 Å². The van der Waals surface area contributed by atoms with Gasteiger partial charge in [0.25, 0.3) is 0 Å². The van der Waals surface area contributed by atoms with E-state index in [2.05, 4.69) is 46.6 Å². The number of allylic oxidation sites excluding steroid dienone is 2. The maximum absolute atomic E-state index is 7.35. The van der Waals surface area contributed by atoms with E-state index in [1.54, 1.807) is 0 Å². The van der Waals surface area contributed by atoms with E-state index < -0.39 is 0 Å². The Kier molecular flexibility index (Phi) is 16.2. The minimum atomic E-state index is 0.0839. The fourth-order valence-corrected chi connectivity index (χ4v) is 9.13. The predicted octanol–water partition coefficient (Wildman–Crippen LogP) is 10.3. The molecule has 0 radical (unpaired) electrons. The molecule has 4 aliphatic rings. The van der Waals surface area contributed by atoms with E-state index in [-0.39, 0.29) is 5.54 Å². The fourth-order valence-electron chi connectivity index (χ4n) is 9.13. The Bertz CT molecular complexity index is 664. The summed E-state index contributed by atoms with van der Waals surface area (Å²) in [6.45, 7) is 30.2. The molecular formula is C35H70N2. The van der Waals surface area contributed by atoms with Gasteiger partial charge in [0, 0.05) is 5.54 Å². The Labute approximate surface area is 234 Å². The molecule has 2 nitrogen and oxygen atoms in total. The highest BCUT2D eigenvalue weighted by Crippen LogP contribution is 2.67. The lowest BCUT2D eigenvalue weighted by molar-refractivity contribution is -0.134. The molecule has 0 spiro atoms. The second-order valence-electron chi connectivity index (χ2n) is 12.5. The van der Waals surface area contributed by atoms with Gasteiger partial charge in [-0.2, -0.15) is 0 Å². The van der Waals surface area contributed by atoms with E-state index in [4.69, 9.17) is 5.73 Å². The van der Waals surface area contributed by atoms with Crippen molar-refractivity contribution in [3.05, 3.63) is 24.3 Å². The van der Waals surface area contributed by atoms with Crippen molar-refractivity contribution >= 4 is 0 Å². The summed E-state index contributed by atoms with van der Waals surface area (Å²) in [5.74, 6) is 4.46. The van der Waals surface area contributed by atoms with Crippen molar-refractivity contribution in [2.75, 3.05) is 7.05 Å². The Morgan fingerprint density at radius 1 is 0.757 bits per heavy atom. The SMILES string of the molecule is C=C(C)CCC(=C)C1CCC2C1CCC1C2CCC2(N)CC(C)(C)CCC12CC.CC.CC.CC.CN. The molecule has 0 bridgehead atoms. The average molecular weight is 519 g/mol. The van der Waals surface area contributed by atoms with E-state index >= 15 is 0 Å². The fraction of sp³-hybridized carbons (Fsp3) is 0.886. The van der Waals surface area contributed by atoms with Crippen LogP contribution in [0.4, 0.5) is 0 Å². The molecule has 7 atom stereocenters.